The van der Waals surface area contributed by atoms with E-state index in [1.165, 1.54) is 27.8 Å². The van der Waals surface area contributed by atoms with Crippen LogP contribution in [-0.2, 0) is 21.4 Å². The monoisotopic (exact) mass is 402 g/mol. The van der Waals surface area contributed by atoms with Gasteiger partial charge in [-0.25, -0.2) is 18.2 Å². The van der Waals surface area contributed by atoms with Crippen LogP contribution in [0.2, 0.25) is 0 Å². The number of aromatic nitrogens is 1. The fourth-order valence-electron chi connectivity index (χ4n) is 3.05. The van der Waals surface area contributed by atoms with Gasteiger partial charge in [0, 0.05) is 13.1 Å². The van der Waals surface area contributed by atoms with Gasteiger partial charge in [-0.15, -0.1) is 11.3 Å². The van der Waals surface area contributed by atoms with Crippen molar-refractivity contribution in [3.8, 4) is 0 Å². The number of fused-ring (bicyclic) bond motifs is 1. The number of sulfonamides is 1. The van der Waals surface area contributed by atoms with E-state index in [1.54, 1.807) is 12.1 Å². The molecule has 3 aromatic rings. The number of hydrogen-bond donors (Lipinski definition) is 0. The van der Waals surface area contributed by atoms with E-state index in [9.17, 15) is 13.2 Å². The first kappa shape index (κ1) is 18.1. The fraction of sp³-hybridized carbons (Fsp3) is 0.263. The summed E-state index contributed by atoms with van der Waals surface area (Å²) in [6, 6.07) is 13.7. The van der Waals surface area contributed by atoms with Gasteiger partial charge in [-0.2, -0.15) is 4.31 Å². The first-order valence-corrected chi connectivity index (χ1v) is 10.9. The number of thiazole rings is 1. The molecule has 27 heavy (non-hydrogen) atoms. The minimum absolute atomic E-state index is 0.0568. The Labute approximate surface area is 161 Å². The van der Waals surface area contributed by atoms with Gasteiger partial charge >= 0.3 is 5.97 Å². The maximum absolute atomic E-state index is 12.7. The molecule has 1 aliphatic rings. The Bertz CT molecular complexity index is 1050. The van der Waals surface area contributed by atoms with Crippen molar-refractivity contribution in [3.05, 3.63) is 59.1 Å². The largest absolute Gasteiger partial charge is 0.455 e. The Kier molecular flexibility index (Phi) is 4.94. The van der Waals surface area contributed by atoms with Crippen molar-refractivity contribution in [1.82, 2.24) is 9.29 Å². The lowest BCUT2D eigenvalue weighted by atomic mass is 10.2. The normalized spacial score (nSPS) is 15.3. The molecule has 2 aromatic carbocycles. The second kappa shape index (κ2) is 7.38. The van der Waals surface area contributed by atoms with E-state index in [2.05, 4.69) is 4.98 Å². The van der Waals surface area contributed by atoms with E-state index in [1.807, 2.05) is 24.3 Å². The first-order chi connectivity index (χ1) is 13.0. The Morgan fingerprint density at radius 1 is 1.11 bits per heavy atom. The number of esters is 1. The van der Waals surface area contributed by atoms with Crippen LogP contribution in [0.4, 0.5) is 0 Å². The third-order valence-electron chi connectivity index (χ3n) is 4.44. The summed E-state index contributed by atoms with van der Waals surface area (Å²) in [5.74, 6) is -0.562. The summed E-state index contributed by atoms with van der Waals surface area (Å²) < 4.78 is 33.1. The molecule has 1 fully saturated rings. The minimum Gasteiger partial charge on any atom is -0.455 e. The van der Waals surface area contributed by atoms with Crippen LogP contribution in [0.3, 0.4) is 0 Å². The molecule has 0 radical (unpaired) electrons. The highest BCUT2D eigenvalue weighted by molar-refractivity contribution is 7.89. The molecule has 0 unspecified atom stereocenters. The van der Waals surface area contributed by atoms with Crippen molar-refractivity contribution in [3.63, 3.8) is 0 Å². The van der Waals surface area contributed by atoms with Crippen molar-refractivity contribution in [2.45, 2.75) is 24.3 Å². The van der Waals surface area contributed by atoms with E-state index in [0.29, 0.717) is 18.1 Å². The van der Waals surface area contributed by atoms with Crippen molar-refractivity contribution >= 4 is 37.5 Å². The summed E-state index contributed by atoms with van der Waals surface area (Å²) in [5, 5.41) is 0.699. The standard InChI is InChI=1S/C19H18N2O4S2/c22-19(25-13-18-20-16-8-1-2-9-17(16)26-18)14-6-5-7-15(12-14)27(23,24)21-10-3-4-11-21/h1-2,5-9,12H,3-4,10-11,13H2. The number of carbonyl (C=O) groups is 1. The maximum atomic E-state index is 12.7. The molecular weight excluding hydrogens is 384 g/mol. The molecule has 0 saturated carbocycles. The predicted molar refractivity (Wildman–Crippen MR) is 103 cm³/mol. The lowest BCUT2D eigenvalue weighted by Gasteiger charge is -2.15. The highest BCUT2D eigenvalue weighted by atomic mass is 32.2. The van der Waals surface area contributed by atoms with Crippen molar-refractivity contribution in [1.29, 1.82) is 0 Å². The van der Waals surface area contributed by atoms with Gasteiger partial charge in [-0.05, 0) is 43.2 Å². The van der Waals surface area contributed by atoms with Gasteiger partial charge in [0.05, 0.1) is 20.7 Å². The minimum atomic E-state index is -3.56. The van der Waals surface area contributed by atoms with Gasteiger partial charge in [-0.3, -0.25) is 0 Å². The highest BCUT2D eigenvalue weighted by Crippen LogP contribution is 2.24. The average molecular weight is 402 g/mol. The molecule has 0 atom stereocenters. The van der Waals surface area contributed by atoms with Crippen molar-refractivity contribution < 1.29 is 17.9 Å². The van der Waals surface area contributed by atoms with Crippen LogP contribution in [0.1, 0.15) is 28.2 Å². The van der Waals surface area contributed by atoms with Gasteiger partial charge in [0.1, 0.15) is 11.6 Å². The highest BCUT2D eigenvalue weighted by Gasteiger charge is 2.27. The van der Waals surface area contributed by atoms with Gasteiger partial charge in [0.25, 0.3) is 0 Å². The van der Waals surface area contributed by atoms with Gasteiger partial charge in [-0.1, -0.05) is 18.2 Å². The molecule has 0 amide bonds. The first-order valence-electron chi connectivity index (χ1n) is 8.66. The maximum Gasteiger partial charge on any atom is 0.338 e. The van der Waals surface area contributed by atoms with Gasteiger partial charge in [0.15, 0.2) is 0 Å². The van der Waals surface area contributed by atoms with Crippen molar-refractivity contribution in [2.24, 2.45) is 0 Å². The van der Waals surface area contributed by atoms with Gasteiger partial charge < -0.3 is 4.74 Å². The van der Waals surface area contributed by atoms with Crippen LogP contribution in [-0.4, -0.2) is 36.8 Å². The Morgan fingerprint density at radius 3 is 2.67 bits per heavy atom. The second-order valence-electron chi connectivity index (χ2n) is 6.29. The fourth-order valence-corrected chi connectivity index (χ4v) is 5.50. The van der Waals surface area contributed by atoms with Crippen LogP contribution in [0.15, 0.2) is 53.4 Å². The topological polar surface area (TPSA) is 76.6 Å². The molecule has 0 N–H and O–H groups in total. The third kappa shape index (κ3) is 3.73. The number of hydrogen-bond acceptors (Lipinski definition) is 6. The lowest BCUT2D eigenvalue weighted by Crippen LogP contribution is -2.28. The third-order valence-corrected chi connectivity index (χ3v) is 7.34. The second-order valence-corrected chi connectivity index (χ2v) is 9.34. The molecule has 1 aromatic heterocycles. The van der Waals surface area contributed by atoms with Crippen LogP contribution < -0.4 is 0 Å². The molecule has 6 nitrogen and oxygen atoms in total. The Hall–Kier alpha value is -2.29. The Morgan fingerprint density at radius 2 is 1.89 bits per heavy atom. The van der Waals surface area contributed by atoms with Gasteiger partial charge in [0.2, 0.25) is 10.0 Å². The molecule has 1 saturated heterocycles. The molecule has 1 aliphatic heterocycles. The van der Waals surface area contributed by atoms with E-state index in [4.69, 9.17) is 4.74 Å². The number of carbonyl (C=O) groups excluding carboxylic acids is 1. The summed E-state index contributed by atoms with van der Waals surface area (Å²) in [6.45, 7) is 1.10. The molecule has 8 heteroatoms. The molecule has 0 bridgehead atoms. The predicted octanol–water partition coefficient (Wildman–Crippen LogP) is 3.44. The smallest absolute Gasteiger partial charge is 0.338 e. The molecule has 0 aliphatic carbocycles. The van der Waals surface area contributed by atoms with Crippen LogP contribution >= 0.6 is 11.3 Å². The zero-order valence-electron chi connectivity index (χ0n) is 14.5. The Balaban J connectivity index is 1.48. The summed E-state index contributed by atoms with van der Waals surface area (Å²) >= 11 is 1.47. The summed E-state index contributed by atoms with van der Waals surface area (Å²) in [7, 11) is -3.56. The number of rotatable bonds is 5. The van der Waals surface area contributed by atoms with E-state index >= 15 is 0 Å². The summed E-state index contributed by atoms with van der Waals surface area (Å²) in [5.41, 5.74) is 1.09. The zero-order chi connectivity index (χ0) is 18.9. The van der Waals surface area contributed by atoms with Crippen LogP contribution in [0, 0.1) is 0 Å². The number of benzene rings is 2. The molecule has 4 rings (SSSR count). The van der Waals surface area contributed by atoms with Crippen LogP contribution in [0.25, 0.3) is 10.2 Å². The van der Waals surface area contributed by atoms with E-state index in [-0.39, 0.29) is 17.1 Å². The zero-order valence-corrected chi connectivity index (χ0v) is 16.1. The summed E-state index contributed by atoms with van der Waals surface area (Å²) in [4.78, 5) is 16.9. The average Bonchev–Trinajstić information content (AvgIpc) is 3.36. The summed E-state index contributed by atoms with van der Waals surface area (Å²) in [6.07, 6.45) is 1.73. The number of para-hydroxylation sites is 1. The number of nitrogens with zero attached hydrogens (tertiary/aromatic N) is 2. The van der Waals surface area contributed by atoms with Crippen molar-refractivity contribution in [2.75, 3.05) is 13.1 Å². The SMILES string of the molecule is O=C(OCc1nc2ccccc2s1)c1cccc(S(=O)(=O)N2CCCC2)c1. The van der Waals surface area contributed by atoms with Crippen LogP contribution in [0.5, 0.6) is 0 Å². The molecule has 140 valence electrons. The lowest BCUT2D eigenvalue weighted by molar-refractivity contribution is 0.0472. The molecule has 2 heterocycles. The quantitative estimate of drug-likeness (QED) is 0.611. The molecule has 0 spiro atoms. The van der Waals surface area contributed by atoms with E-state index in [0.717, 1.165) is 23.1 Å². The molecular formula is C19H18N2O4S2. The number of ether oxygens (including phenoxy) is 1. The van der Waals surface area contributed by atoms with E-state index < -0.39 is 16.0 Å².